The minimum atomic E-state index is -3.47. The number of methoxy groups -OCH3 is 1. The van der Waals surface area contributed by atoms with Gasteiger partial charge in [0.2, 0.25) is 5.91 Å². The molecule has 1 aromatic heterocycles. The molecule has 1 aliphatic carbocycles. The predicted molar refractivity (Wildman–Crippen MR) is 113 cm³/mol. The SMILES string of the molecule is COC(=O)c1ccccc1NC(=O)CSc1ccc(S(=O)(=O)C2CCCCC2)nn1. The summed E-state index contributed by atoms with van der Waals surface area (Å²) >= 11 is 1.13. The van der Waals surface area contributed by atoms with Crippen molar-refractivity contribution in [3.63, 3.8) is 0 Å². The second kappa shape index (κ2) is 10.0. The Kier molecular flexibility index (Phi) is 7.43. The molecule has 0 radical (unpaired) electrons. The molecule has 8 nitrogen and oxygen atoms in total. The zero-order valence-electron chi connectivity index (χ0n) is 16.5. The topological polar surface area (TPSA) is 115 Å². The Morgan fingerprint density at radius 3 is 2.50 bits per heavy atom. The zero-order valence-corrected chi connectivity index (χ0v) is 18.2. The lowest BCUT2D eigenvalue weighted by Gasteiger charge is -2.20. The molecule has 1 heterocycles. The van der Waals surface area contributed by atoms with Crippen LogP contribution in [0.2, 0.25) is 0 Å². The molecule has 1 aromatic carbocycles. The van der Waals surface area contributed by atoms with Crippen LogP contribution < -0.4 is 5.32 Å². The number of ether oxygens (including phenoxy) is 1. The summed E-state index contributed by atoms with van der Waals surface area (Å²) in [6.07, 6.45) is 4.22. The van der Waals surface area contributed by atoms with Crippen LogP contribution in [0.25, 0.3) is 0 Å². The summed E-state index contributed by atoms with van der Waals surface area (Å²) in [4.78, 5) is 24.0. The average Bonchev–Trinajstić information content (AvgIpc) is 2.78. The maximum Gasteiger partial charge on any atom is 0.339 e. The van der Waals surface area contributed by atoms with Gasteiger partial charge < -0.3 is 10.1 Å². The molecule has 1 amide bonds. The molecule has 0 unspecified atom stereocenters. The van der Waals surface area contributed by atoms with Crippen LogP contribution in [0, 0.1) is 0 Å². The summed E-state index contributed by atoms with van der Waals surface area (Å²) in [7, 11) is -2.20. The Labute approximate surface area is 179 Å². The van der Waals surface area contributed by atoms with Gasteiger partial charge in [0.05, 0.1) is 29.4 Å². The van der Waals surface area contributed by atoms with E-state index in [-0.39, 0.29) is 27.5 Å². The molecule has 1 fully saturated rings. The van der Waals surface area contributed by atoms with Crippen molar-refractivity contribution in [3.8, 4) is 0 Å². The minimum Gasteiger partial charge on any atom is -0.465 e. The maximum atomic E-state index is 12.7. The van der Waals surface area contributed by atoms with E-state index in [0.717, 1.165) is 31.0 Å². The lowest BCUT2D eigenvalue weighted by atomic mass is 10.0. The highest BCUT2D eigenvalue weighted by Crippen LogP contribution is 2.28. The van der Waals surface area contributed by atoms with Gasteiger partial charge in [0, 0.05) is 0 Å². The summed E-state index contributed by atoms with van der Waals surface area (Å²) in [6, 6.07) is 9.55. The lowest BCUT2D eigenvalue weighted by molar-refractivity contribution is -0.113. The Hall–Kier alpha value is -2.46. The number of esters is 1. The van der Waals surface area contributed by atoms with Crippen LogP contribution >= 0.6 is 11.8 Å². The molecule has 0 aliphatic heterocycles. The standard InChI is InChI=1S/C20H23N3O5S2/c1-28-20(25)15-9-5-6-10-16(15)21-17(24)13-29-18-11-12-19(23-22-18)30(26,27)14-7-3-2-4-8-14/h5-6,9-12,14H,2-4,7-8,13H2,1H3,(H,21,24). The summed E-state index contributed by atoms with van der Waals surface area (Å²) in [6.45, 7) is 0. The third-order valence-electron chi connectivity index (χ3n) is 4.86. The molecule has 0 bridgehead atoms. The van der Waals surface area contributed by atoms with Crippen LogP contribution in [0.15, 0.2) is 46.5 Å². The van der Waals surface area contributed by atoms with Crippen molar-refractivity contribution < 1.29 is 22.7 Å². The second-order valence-electron chi connectivity index (χ2n) is 6.89. The molecule has 2 aromatic rings. The molecule has 10 heteroatoms. The third-order valence-corrected chi connectivity index (χ3v) is 7.93. The van der Waals surface area contributed by atoms with Crippen LogP contribution in [0.4, 0.5) is 5.69 Å². The third kappa shape index (κ3) is 5.37. The first kappa shape index (κ1) is 22.2. The smallest absolute Gasteiger partial charge is 0.339 e. The molecule has 3 rings (SSSR count). The van der Waals surface area contributed by atoms with E-state index in [2.05, 4.69) is 15.5 Å². The van der Waals surface area contributed by atoms with E-state index < -0.39 is 15.8 Å². The number of carbonyl (C=O) groups is 2. The van der Waals surface area contributed by atoms with Gasteiger partial charge in [0.25, 0.3) is 0 Å². The monoisotopic (exact) mass is 449 g/mol. The molecule has 0 atom stereocenters. The summed E-state index contributed by atoms with van der Waals surface area (Å²) in [5, 5.41) is 10.5. The van der Waals surface area contributed by atoms with E-state index in [4.69, 9.17) is 4.74 Å². The molecule has 1 saturated carbocycles. The number of amides is 1. The largest absolute Gasteiger partial charge is 0.465 e. The van der Waals surface area contributed by atoms with Gasteiger partial charge in [-0.3, -0.25) is 4.79 Å². The number of hydrogen-bond donors (Lipinski definition) is 1. The van der Waals surface area contributed by atoms with Gasteiger partial charge in [0.1, 0.15) is 5.03 Å². The van der Waals surface area contributed by atoms with Gasteiger partial charge in [-0.1, -0.05) is 43.2 Å². The van der Waals surface area contributed by atoms with Gasteiger partial charge in [-0.2, -0.15) is 0 Å². The number of aromatic nitrogens is 2. The highest BCUT2D eigenvalue weighted by atomic mass is 32.2. The van der Waals surface area contributed by atoms with Crippen LogP contribution in [-0.4, -0.2) is 48.6 Å². The normalized spacial score (nSPS) is 14.8. The van der Waals surface area contributed by atoms with Gasteiger partial charge >= 0.3 is 5.97 Å². The van der Waals surface area contributed by atoms with Gasteiger partial charge in [0.15, 0.2) is 14.9 Å². The number of thioether (sulfide) groups is 1. The number of sulfone groups is 1. The lowest BCUT2D eigenvalue weighted by Crippen LogP contribution is -2.25. The van der Waals surface area contributed by atoms with Gasteiger partial charge in [-0.05, 0) is 37.1 Å². The Morgan fingerprint density at radius 1 is 1.10 bits per heavy atom. The quantitative estimate of drug-likeness (QED) is 0.506. The van der Waals surface area contributed by atoms with Crippen molar-refractivity contribution >= 4 is 39.2 Å². The van der Waals surface area contributed by atoms with Crippen LogP contribution in [0.3, 0.4) is 0 Å². The highest BCUT2D eigenvalue weighted by Gasteiger charge is 2.30. The molecule has 1 N–H and O–H groups in total. The van der Waals surface area contributed by atoms with Gasteiger partial charge in [-0.25, -0.2) is 13.2 Å². The second-order valence-corrected chi connectivity index (χ2v) is 10.1. The predicted octanol–water partition coefficient (Wildman–Crippen LogP) is 3.10. The first-order valence-electron chi connectivity index (χ1n) is 9.59. The van der Waals surface area contributed by atoms with Crippen molar-refractivity contribution in [1.82, 2.24) is 10.2 Å². The number of nitrogens with zero attached hydrogens (tertiary/aromatic N) is 2. The van der Waals surface area contributed by atoms with Crippen LogP contribution in [0.1, 0.15) is 42.5 Å². The number of hydrogen-bond acceptors (Lipinski definition) is 8. The number of benzene rings is 1. The number of carbonyl (C=O) groups excluding carboxylic acids is 2. The zero-order chi connectivity index (χ0) is 21.6. The van der Waals surface area contributed by atoms with Crippen molar-refractivity contribution in [1.29, 1.82) is 0 Å². The van der Waals surface area contributed by atoms with E-state index in [1.54, 1.807) is 30.3 Å². The van der Waals surface area contributed by atoms with E-state index in [0.29, 0.717) is 23.6 Å². The molecule has 160 valence electrons. The van der Waals surface area contributed by atoms with Crippen molar-refractivity contribution in [2.24, 2.45) is 0 Å². The minimum absolute atomic E-state index is 0.0183. The van der Waals surface area contributed by atoms with Crippen LogP contribution in [0.5, 0.6) is 0 Å². The van der Waals surface area contributed by atoms with Crippen molar-refractivity contribution in [2.75, 3.05) is 18.2 Å². The van der Waals surface area contributed by atoms with Crippen molar-refractivity contribution in [3.05, 3.63) is 42.0 Å². The van der Waals surface area contributed by atoms with E-state index >= 15 is 0 Å². The van der Waals surface area contributed by atoms with E-state index in [1.807, 2.05) is 0 Å². The summed E-state index contributed by atoms with van der Waals surface area (Å²) in [5.41, 5.74) is 0.616. The molecular formula is C20H23N3O5S2. The average molecular weight is 450 g/mol. The molecular weight excluding hydrogens is 426 g/mol. The van der Waals surface area contributed by atoms with Gasteiger partial charge in [-0.15, -0.1) is 10.2 Å². The first-order chi connectivity index (χ1) is 14.4. The number of nitrogens with one attached hydrogen (secondary N) is 1. The highest BCUT2D eigenvalue weighted by molar-refractivity contribution is 7.99. The number of para-hydroxylation sites is 1. The number of rotatable bonds is 7. The molecule has 0 saturated heterocycles. The first-order valence-corrected chi connectivity index (χ1v) is 12.1. The Morgan fingerprint density at radius 2 is 1.83 bits per heavy atom. The fourth-order valence-electron chi connectivity index (χ4n) is 3.29. The Balaban J connectivity index is 1.59. The maximum absolute atomic E-state index is 12.7. The summed E-state index contributed by atoms with van der Waals surface area (Å²) < 4.78 is 30.0. The fourth-order valence-corrected chi connectivity index (χ4v) is 5.61. The van der Waals surface area contributed by atoms with E-state index in [1.165, 1.54) is 13.2 Å². The summed E-state index contributed by atoms with van der Waals surface area (Å²) in [5.74, 6) is -0.852. The molecule has 30 heavy (non-hydrogen) atoms. The van der Waals surface area contributed by atoms with Crippen LogP contribution in [-0.2, 0) is 19.4 Å². The van der Waals surface area contributed by atoms with Crippen molar-refractivity contribution in [2.45, 2.75) is 47.4 Å². The Bertz CT molecular complexity index is 1000. The fraction of sp³-hybridized carbons (Fsp3) is 0.400. The van der Waals surface area contributed by atoms with E-state index in [9.17, 15) is 18.0 Å². The molecule has 0 spiro atoms. The number of anilines is 1. The molecule has 1 aliphatic rings.